The lowest BCUT2D eigenvalue weighted by atomic mass is 9.88. The zero-order valence-corrected chi connectivity index (χ0v) is 10.6. The summed E-state index contributed by atoms with van der Waals surface area (Å²) in [6, 6.07) is 14.1. The summed E-state index contributed by atoms with van der Waals surface area (Å²) in [6.45, 7) is 1.84. The van der Waals surface area contributed by atoms with Crippen molar-refractivity contribution in [2.45, 2.75) is 18.9 Å². The summed E-state index contributed by atoms with van der Waals surface area (Å²) in [4.78, 5) is 11.4. The number of esters is 1. The van der Waals surface area contributed by atoms with E-state index in [9.17, 15) is 4.79 Å². The van der Waals surface area contributed by atoms with Gasteiger partial charge in [0, 0.05) is 5.54 Å². The fourth-order valence-electron chi connectivity index (χ4n) is 2.02. The van der Waals surface area contributed by atoms with Gasteiger partial charge in [-0.25, -0.2) is 0 Å². The Labute approximate surface area is 107 Å². The first-order valence-corrected chi connectivity index (χ1v) is 5.88. The minimum atomic E-state index is -0.711. The maximum atomic E-state index is 11.4. The summed E-state index contributed by atoms with van der Waals surface area (Å²) in [6.07, 6.45) is 0.168. The summed E-state index contributed by atoms with van der Waals surface area (Å²) in [5.41, 5.74) is 6.43. The van der Waals surface area contributed by atoms with E-state index >= 15 is 0 Å². The Balaban J connectivity index is 2.37. The van der Waals surface area contributed by atoms with Crippen molar-refractivity contribution in [1.82, 2.24) is 0 Å². The van der Waals surface area contributed by atoms with E-state index < -0.39 is 5.54 Å². The molecule has 1 atom stereocenters. The van der Waals surface area contributed by atoms with Crippen molar-refractivity contribution in [3.05, 3.63) is 48.0 Å². The molecule has 0 aliphatic carbocycles. The molecular formula is C15H17NO2. The second-order valence-corrected chi connectivity index (χ2v) is 4.73. The van der Waals surface area contributed by atoms with Gasteiger partial charge >= 0.3 is 5.97 Å². The highest BCUT2D eigenvalue weighted by Gasteiger charge is 2.25. The Morgan fingerprint density at radius 2 is 1.89 bits per heavy atom. The predicted octanol–water partition coefficient (Wildman–Crippen LogP) is 2.58. The van der Waals surface area contributed by atoms with Gasteiger partial charge in [0.05, 0.1) is 13.5 Å². The van der Waals surface area contributed by atoms with Gasteiger partial charge in [0.2, 0.25) is 0 Å². The summed E-state index contributed by atoms with van der Waals surface area (Å²) < 4.78 is 4.68. The zero-order chi connectivity index (χ0) is 13.2. The van der Waals surface area contributed by atoms with Crippen LogP contribution in [0.4, 0.5) is 0 Å². The number of nitrogens with two attached hydrogens (primary N) is 1. The van der Waals surface area contributed by atoms with E-state index in [0.717, 1.165) is 16.3 Å². The van der Waals surface area contributed by atoms with Gasteiger partial charge in [-0.3, -0.25) is 4.79 Å². The zero-order valence-electron chi connectivity index (χ0n) is 10.6. The number of methoxy groups -OCH3 is 1. The monoisotopic (exact) mass is 243 g/mol. The van der Waals surface area contributed by atoms with Crippen LogP contribution in [0.2, 0.25) is 0 Å². The van der Waals surface area contributed by atoms with Crippen LogP contribution in [0.1, 0.15) is 18.9 Å². The van der Waals surface area contributed by atoms with E-state index in [0.29, 0.717) is 0 Å². The highest BCUT2D eigenvalue weighted by molar-refractivity contribution is 5.83. The first-order valence-electron chi connectivity index (χ1n) is 5.88. The summed E-state index contributed by atoms with van der Waals surface area (Å²) in [5, 5.41) is 2.28. The lowest BCUT2D eigenvalue weighted by Gasteiger charge is -2.24. The van der Waals surface area contributed by atoms with Crippen molar-refractivity contribution in [2.75, 3.05) is 7.11 Å². The van der Waals surface area contributed by atoms with Crippen LogP contribution in [0.25, 0.3) is 10.8 Å². The van der Waals surface area contributed by atoms with Gasteiger partial charge in [-0.15, -0.1) is 0 Å². The molecule has 18 heavy (non-hydrogen) atoms. The number of carbonyl (C=O) groups is 1. The molecule has 0 spiro atoms. The predicted molar refractivity (Wildman–Crippen MR) is 72.1 cm³/mol. The minimum absolute atomic E-state index is 0.168. The number of fused-ring (bicyclic) bond motifs is 1. The van der Waals surface area contributed by atoms with Crippen molar-refractivity contribution in [3.8, 4) is 0 Å². The molecule has 0 fully saturated rings. The van der Waals surface area contributed by atoms with Crippen molar-refractivity contribution in [1.29, 1.82) is 0 Å². The fraction of sp³-hybridized carbons (Fsp3) is 0.267. The van der Waals surface area contributed by atoms with Crippen LogP contribution >= 0.6 is 0 Å². The van der Waals surface area contributed by atoms with Gasteiger partial charge in [-0.2, -0.15) is 0 Å². The van der Waals surface area contributed by atoms with E-state index in [1.54, 1.807) is 0 Å². The van der Waals surface area contributed by atoms with Crippen molar-refractivity contribution in [3.63, 3.8) is 0 Å². The molecule has 0 saturated carbocycles. The van der Waals surface area contributed by atoms with E-state index in [2.05, 4.69) is 4.74 Å². The number of hydrogen-bond donors (Lipinski definition) is 1. The van der Waals surface area contributed by atoms with E-state index in [4.69, 9.17) is 5.73 Å². The summed E-state index contributed by atoms with van der Waals surface area (Å²) in [5.74, 6) is -0.298. The summed E-state index contributed by atoms with van der Waals surface area (Å²) in [7, 11) is 1.37. The molecule has 3 nitrogen and oxygen atoms in total. The SMILES string of the molecule is COC(=O)CC(C)(N)c1ccc2ccccc2c1. The topological polar surface area (TPSA) is 52.3 Å². The van der Waals surface area contributed by atoms with Crippen LogP contribution in [0.15, 0.2) is 42.5 Å². The van der Waals surface area contributed by atoms with Crippen LogP contribution in [-0.2, 0) is 15.1 Å². The molecule has 1 unspecified atom stereocenters. The van der Waals surface area contributed by atoms with Crippen molar-refractivity contribution in [2.24, 2.45) is 5.73 Å². The molecule has 2 N–H and O–H groups in total. The summed E-state index contributed by atoms with van der Waals surface area (Å²) >= 11 is 0. The van der Waals surface area contributed by atoms with E-state index in [-0.39, 0.29) is 12.4 Å². The molecule has 2 rings (SSSR count). The van der Waals surface area contributed by atoms with E-state index in [1.807, 2.05) is 49.4 Å². The highest BCUT2D eigenvalue weighted by atomic mass is 16.5. The maximum Gasteiger partial charge on any atom is 0.307 e. The van der Waals surface area contributed by atoms with Crippen LogP contribution in [0, 0.1) is 0 Å². The van der Waals surface area contributed by atoms with Crippen LogP contribution < -0.4 is 5.73 Å². The van der Waals surface area contributed by atoms with Crippen LogP contribution in [0.3, 0.4) is 0 Å². The molecule has 2 aromatic carbocycles. The molecule has 2 aromatic rings. The molecule has 0 bridgehead atoms. The smallest absolute Gasteiger partial charge is 0.307 e. The third-order valence-corrected chi connectivity index (χ3v) is 3.15. The Bertz CT molecular complexity index is 575. The fourth-order valence-corrected chi connectivity index (χ4v) is 2.02. The van der Waals surface area contributed by atoms with Gasteiger partial charge in [0.25, 0.3) is 0 Å². The molecular weight excluding hydrogens is 226 g/mol. The molecule has 0 saturated heterocycles. The van der Waals surface area contributed by atoms with Gasteiger partial charge < -0.3 is 10.5 Å². The normalized spacial score (nSPS) is 14.2. The highest BCUT2D eigenvalue weighted by Crippen LogP contribution is 2.25. The number of rotatable bonds is 3. The average molecular weight is 243 g/mol. The third-order valence-electron chi connectivity index (χ3n) is 3.15. The number of ether oxygens (including phenoxy) is 1. The van der Waals surface area contributed by atoms with E-state index in [1.165, 1.54) is 7.11 Å². The lowest BCUT2D eigenvalue weighted by Crippen LogP contribution is -2.35. The van der Waals surface area contributed by atoms with Crippen molar-refractivity contribution >= 4 is 16.7 Å². The standard InChI is InChI=1S/C15H17NO2/c1-15(16,10-14(17)18-2)13-8-7-11-5-3-4-6-12(11)9-13/h3-9H,10,16H2,1-2H3. The molecule has 0 aromatic heterocycles. The Morgan fingerprint density at radius 3 is 2.56 bits per heavy atom. The minimum Gasteiger partial charge on any atom is -0.469 e. The lowest BCUT2D eigenvalue weighted by molar-refractivity contribution is -0.141. The van der Waals surface area contributed by atoms with Gasteiger partial charge in [0.1, 0.15) is 0 Å². The first kappa shape index (κ1) is 12.6. The Hall–Kier alpha value is -1.87. The molecule has 0 radical (unpaired) electrons. The molecule has 3 heteroatoms. The molecule has 0 aliphatic heterocycles. The number of carbonyl (C=O) groups excluding carboxylic acids is 1. The first-order chi connectivity index (χ1) is 8.53. The largest absolute Gasteiger partial charge is 0.469 e. The van der Waals surface area contributed by atoms with Crippen LogP contribution in [-0.4, -0.2) is 13.1 Å². The maximum absolute atomic E-state index is 11.4. The molecule has 0 amide bonds. The quantitative estimate of drug-likeness (QED) is 0.843. The molecule has 0 heterocycles. The van der Waals surface area contributed by atoms with Crippen LogP contribution in [0.5, 0.6) is 0 Å². The Kier molecular flexibility index (Phi) is 3.34. The van der Waals surface area contributed by atoms with Crippen molar-refractivity contribution < 1.29 is 9.53 Å². The Morgan fingerprint density at radius 1 is 1.22 bits per heavy atom. The number of hydrogen-bond acceptors (Lipinski definition) is 3. The van der Waals surface area contributed by atoms with Gasteiger partial charge in [-0.05, 0) is 29.3 Å². The number of benzene rings is 2. The average Bonchev–Trinajstić information content (AvgIpc) is 2.37. The van der Waals surface area contributed by atoms with Gasteiger partial charge in [0.15, 0.2) is 0 Å². The molecule has 0 aliphatic rings. The van der Waals surface area contributed by atoms with Gasteiger partial charge in [-0.1, -0.05) is 36.4 Å². The second-order valence-electron chi connectivity index (χ2n) is 4.73. The molecule has 94 valence electrons. The second kappa shape index (κ2) is 4.78. The third kappa shape index (κ3) is 2.51.